The molecule has 1 rings (SSSR count). The van der Waals surface area contributed by atoms with Gasteiger partial charge in [-0.15, -0.1) is 0 Å². The van der Waals surface area contributed by atoms with Gasteiger partial charge in [0.25, 0.3) is 0 Å². The van der Waals surface area contributed by atoms with E-state index in [-0.39, 0.29) is 18.9 Å². The van der Waals surface area contributed by atoms with Crippen molar-refractivity contribution in [3.05, 3.63) is 24.3 Å². The Balaban J connectivity index is 2.11. The fourth-order valence-corrected chi connectivity index (χ4v) is 1.49. The lowest BCUT2D eigenvalue weighted by atomic mass is 10.3. The molecule has 0 bridgehead atoms. The maximum Gasteiger partial charge on any atom is 0.305 e. The molecule has 2 N–H and O–H groups in total. The number of aliphatic carboxylic acids is 1. The van der Waals surface area contributed by atoms with E-state index in [1.54, 1.807) is 31.4 Å². The summed E-state index contributed by atoms with van der Waals surface area (Å²) >= 11 is 0. The fraction of sp³-hybridized carbons (Fsp3) is 0.429. The Morgan fingerprint density at radius 2 is 1.80 bits per heavy atom. The Bertz CT molecular complexity index is 430. The van der Waals surface area contributed by atoms with E-state index < -0.39 is 5.97 Å². The second-order valence-electron chi connectivity index (χ2n) is 4.12. The first-order valence-electron chi connectivity index (χ1n) is 6.37. The van der Waals surface area contributed by atoms with Crippen LogP contribution in [0, 0.1) is 0 Å². The molecule has 110 valence electrons. The van der Waals surface area contributed by atoms with Gasteiger partial charge in [0, 0.05) is 13.0 Å². The van der Waals surface area contributed by atoms with E-state index in [1.165, 1.54) is 0 Å². The minimum Gasteiger partial charge on any atom is -0.497 e. The SMILES string of the molecule is COc1ccc(OCCCC(=O)NCCC(=O)O)cc1. The molecule has 6 nitrogen and oxygen atoms in total. The van der Waals surface area contributed by atoms with Crippen molar-refractivity contribution >= 4 is 11.9 Å². The van der Waals surface area contributed by atoms with E-state index in [9.17, 15) is 9.59 Å². The van der Waals surface area contributed by atoms with Crippen molar-refractivity contribution in [2.45, 2.75) is 19.3 Å². The van der Waals surface area contributed by atoms with Gasteiger partial charge < -0.3 is 19.9 Å². The Morgan fingerprint density at radius 3 is 2.40 bits per heavy atom. The molecule has 0 spiro atoms. The van der Waals surface area contributed by atoms with E-state index in [0.29, 0.717) is 19.4 Å². The number of carbonyl (C=O) groups excluding carboxylic acids is 1. The molecule has 0 radical (unpaired) electrons. The molecule has 0 atom stereocenters. The average Bonchev–Trinajstić information content (AvgIpc) is 2.44. The second kappa shape index (κ2) is 8.79. The Labute approximate surface area is 117 Å². The summed E-state index contributed by atoms with van der Waals surface area (Å²) < 4.78 is 10.5. The molecular weight excluding hydrogens is 262 g/mol. The quantitative estimate of drug-likeness (QED) is 0.669. The van der Waals surface area contributed by atoms with Crippen molar-refractivity contribution in [1.29, 1.82) is 0 Å². The Kier molecular flexibility index (Phi) is 6.95. The number of rotatable bonds is 9. The minimum atomic E-state index is -0.923. The van der Waals surface area contributed by atoms with Crippen molar-refractivity contribution in [3.8, 4) is 11.5 Å². The van der Waals surface area contributed by atoms with Crippen molar-refractivity contribution in [2.24, 2.45) is 0 Å². The van der Waals surface area contributed by atoms with Crippen LogP contribution in [-0.4, -0.2) is 37.2 Å². The van der Waals surface area contributed by atoms with Crippen LogP contribution in [0.1, 0.15) is 19.3 Å². The van der Waals surface area contributed by atoms with Crippen LogP contribution in [0.5, 0.6) is 11.5 Å². The molecule has 0 aliphatic carbocycles. The zero-order valence-electron chi connectivity index (χ0n) is 11.4. The number of methoxy groups -OCH3 is 1. The first kappa shape index (κ1) is 15.8. The summed E-state index contributed by atoms with van der Waals surface area (Å²) in [6.07, 6.45) is 0.828. The third kappa shape index (κ3) is 6.63. The number of ether oxygens (including phenoxy) is 2. The largest absolute Gasteiger partial charge is 0.497 e. The van der Waals surface area contributed by atoms with E-state index in [4.69, 9.17) is 14.6 Å². The molecule has 6 heteroatoms. The monoisotopic (exact) mass is 281 g/mol. The summed E-state index contributed by atoms with van der Waals surface area (Å²) in [6.45, 7) is 0.589. The van der Waals surface area contributed by atoms with Crippen molar-refractivity contribution < 1.29 is 24.2 Å². The normalized spacial score (nSPS) is 9.85. The number of carboxylic acid groups (broad SMARTS) is 1. The number of hydrogen-bond acceptors (Lipinski definition) is 4. The number of benzene rings is 1. The fourth-order valence-electron chi connectivity index (χ4n) is 1.49. The molecular formula is C14H19NO5. The van der Waals surface area contributed by atoms with E-state index in [2.05, 4.69) is 5.32 Å². The van der Waals surface area contributed by atoms with E-state index in [1.807, 2.05) is 0 Å². The molecule has 0 unspecified atom stereocenters. The van der Waals surface area contributed by atoms with Gasteiger partial charge in [0.2, 0.25) is 5.91 Å². The zero-order valence-corrected chi connectivity index (χ0v) is 11.4. The van der Waals surface area contributed by atoms with Crippen LogP contribution in [-0.2, 0) is 9.59 Å². The lowest BCUT2D eigenvalue weighted by molar-refractivity contribution is -0.136. The molecule has 0 saturated heterocycles. The van der Waals surface area contributed by atoms with E-state index >= 15 is 0 Å². The number of hydrogen-bond donors (Lipinski definition) is 2. The third-order valence-corrected chi connectivity index (χ3v) is 2.54. The first-order valence-corrected chi connectivity index (χ1v) is 6.37. The third-order valence-electron chi connectivity index (χ3n) is 2.54. The molecule has 0 aliphatic heterocycles. The lowest BCUT2D eigenvalue weighted by Gasteiger charge is -2.07. The van der Waals surface area contributed by atoms with Crippen LogP contribution in [0.3, 0.4) is 0 Å². The molecule has 0 heterocycles. The predicted molar refractivity (Wildman–Crippen MR) is 73.0 cm³/mol. The summed E-state index contributed by atoms with van der Waals surface area (Å²) in [7, 11) is 1.60. The molecule has 1 aromatic rings. The molecule has 1 amide bonds. The Hall–Kier alpha value is -2.24. The van der Waals surface area contributed by atoms with Gasteiger partial charge in [0.1, 0.15) is 11.5 Å². The molecule has 1 aromatic carbocycles. The molecule has 20 heavy (non-hydrogen) atoms. The average molecular weight is 281 g/mol. The highest BCUT2D eigenvalue weighted by molar-refractivity contribution is 5.76. The van der Waals surface area contributed by atoms with Gasteiger partial charge >= 0.3 is 5.97 Å². The van der Waals surface area contributed by atoms with Crippen LogP contribution in [0.2, 0.25) is 0 Å². The van der Waals surface area contributed by atoms with Crippen molar-refractivity contribution in [2.75, 3.05) is 20.3 Å². The predicted octanol–water partition coefficient (Wildman–Crippen LogP) is 1.45. The molecule has 0 fully saturated rings. The summed E-state index contributed by atoms with van der Waals surface area (Å²) in [6, 6.07) is 7.19. The highest BCUT2D eigenvalue weighted by Gasteiger charge is 2.03. The van der Waals surface area contributed by atoms with Gasteiger partial charge in [0.05, 0.1) is 20.1 Å². The lowest BCUT2D eigenvalue weighted by Crippen LogP contribution is -2.26. The molecule has 0 aromatic heterocycles. The van der Waals surface area contributed by atoms with E-state index in [0.717, 1.165) is 11.5 Å². The highest BCUT2D eigenvalue weighted by Crippen LogP contribution is 2.17. The molecule has 0 saturated carbocycles. The van der Waals surface area contributed by atoms with Gasteiger partial charge in [-0.3, -0.25) is 9.59 Å². The Morgan fingerprint density at radius 1 is 1.15 bits per heavy atom. The van der Waals surface area contributed by atoms with Crippen LogP contribution < -0.4 is 14.8 Å². The second-order valence-corrected chi connectivity index (χ2v) is 4.12. The van der Waals surface area contributed by atoms with Gasteiger partial charge in [-0.1, -0.05) is 0 Å². The number of nitrogens with one attached hydrogen (secondary N) is 1. The summed E-state index contributed by atoms with van der Waals surface area (Å²) in [4.78, 5) is 21.6. The van der Waals surface area contributed by atoms with Gasteiger partial charge in [-0.2, -0.15) is 0 Å². The van der Waals surface area contributed by atoms with Gasteiger partial charge in [-0.25, -0.2) is 0 Å². The first-order chi connectivity index (χ1) is 9.61. The summed E-state index contributed by atoms with van der Waals surface area (Å²) in [5, 5.41) is 11.0. The van der Waals surface area contributed by atoms with Crippen LogP contribution in [0.4, 0.5) is 0 Å². The number of carbonyl (C=O) groups is 2. The summed E-state index contributed by atoms with van der Waals surface area (Å²) in [5.41, 5.74) is 0. The van der Waals surface area contributed by atoms with Gasteiger partial charge in [0.15, 0.2) is 0 Å². The topological polar surface area (TPSA) is 84.9 Å². The standard InChI is InChI=1S/C14H19NO5/c1-19-11-4-6-12(7-5-11)20-10-2-3-13(16)15-9-8-14(17)18/h4-7H,2-3,8-10H2,1H3,(H,15,16)(H,17,18). The maximum absolute atomic E-state index is 11.3. The van der Waals surface area contributed by atoms with Crippen LogP contribution in [0.25, 0.3) is 0 Å². The van der Waals surface area contributed by atoms with Crippen molar-refractivity contribution in [3.63, 3.8) is 0 Å². The summed E-state index contributed by atoms with van der Waals surface area (Å²) in [5.74, 6) is 0.393. The van der Waals surface area contributed by atoms with Crippen molar-refractivity contribution in [1.82, 2.24) is 5.32 Å². The smallest absolute Gasteiger partial charge is 0.305 e. The zero-order chi connectivity index (χ0) is 14.8. The van der Waals surface area contributed by atoms with Gasteiger partial charge in [-0.05, 0) is 30.7 Å². The van der Waals surface area contributed by atoms with Crippen LogP contribution >= 0.6 is 0 Å². The number of amides is 1. The van der Waals surface area contributed by atoms with Crippen LogP contribution in [0.15, 0.2) is 24.3 Å². The molecule has 0 aliphatic rings. The maximum atomic E-state index is 11.3. The highest BCUT2D eigenvalue weighted by atomic mass is 16.5. The number of carboxylic acids is 1. The minimum absolute atomic E-state index is 0.0614.